The van der Waals surface area contributed by atoms with Crippen molar-refractivity contribution in [3.05, 3.63) is 60.7 Å². The highest BCUT2D eigenvalue weighted by Crippen LogP contribution is 2.41. The third kappa shape index (κ3) is 2.30. The molecular weight excluding hydrogens is 308 g/mol. The molecule has 22 heavy (non-hydrogen) atoms. The molecular formula is C18H14N2S2. The van der Waals surface area contributed by atoms with Gasteiger partial charge in [0.1, 0.15) is 15.7 Å². The van der Waals surface area contributed by atoms with Gasteiger partial charge in [-0.05, 0) is 17.5 Å². The summed E-state index contributed by atoms with van der Waals surface area (Å²) in [6.45, 7) is 0. The Kier molecular flexibility index (Phi) is 3.41. The van der Waals surface area contributed by atoms with Crippen molar-refractivity contribution in [2.75, 3.05) is 12.4 Å². The summed E-state index contributed by atoms with van der Waals surface area (Å²) >= 11 is 3.51. The van der Waals surface area contributed by atoms with Crippen LogP contribution < -0.4 is 5.32 Å². The van der Waals surface area contributed by atoms with Crippen LogP contribution >= 0.6 is 22.7 Å². The molecule has 4 heteroatoms. The molecule has 0 aliphatic rings. The van der Waals surface area contributed by atoms with Crippen molar-refractivity contribution in [1.82, 2.24) is 4.98 Å². The van der Waals surface area contributed by atoms with Gasteiger partial charge in [-0.15, -0.1) is 11.3 Å². The molecule has 0 spiro atoms. The van der Waals surface area contributed by atoms with Crippen LogP contribution in [0.5, 0.6) is 0 Å². The minimum absolute atomic E-state index is 1.03. The molecule has 0 unspecified atom stereocenters. The van der Waals surface area contributed by atoms with Crippen molar-refractivity contribution in [1.29, 1.82) is 0 Å². The van der Waals surface area contributed by atoms with E-state index in [1.807, 2.05) is 25.2 Å². The summed E-state index contributed by atoms with van der Waals surface area (Å²) < 4.78 is 1.31. The normalized spacial score (nSPS) is 11.0. The van der Waals surface area contributed by atoms with E-state index in [0.29, 0.717) is 0 Å². The van der Waals surface area contributed by atoms with Crippen molar-refractivity contribution < 1.29 is 0 Å². The minimum atomic E-state index is 1.03. The van der Waals surface area contributed by atoms with Crippen molar-refractivity contribution in [2.24, 2.45) is 0 Å². The van der Waals surface area contributed by atoms with E-state index in [1.165, 1.54) is 15.0 Å². The largest absolute Gasteiger partial charge is 0.378 e. The van der Waals surface area contributed by atoms with Gasteiger partial charge in [-0.3, -0.25) is 0 Å². The molecule has 108 valence electrons. The van der Waals surface area contributed by atoms with Crippen LogP contribution in [0, 0.1) is 0 Å². The fourth-order valence-corrected chi connectivity index (χ4v) is 4.52. The highest BCUT2D eigenvalue weighted by atomic mass is 32.1. The summed E-state index contributed by atoms with van der Waals surface area (Å²) in [5, 5.41) is 6.74. The van der Waals surface area contributed by atoms with Gasteiger partial charge in [0.05, 0.1) is 4.88 Å². The summed E-state index contributed by atoms with van der Waals surface area (Å²) in [4.78, 5) is 6.11. The maximum absolute atomic E-state index is 4.88. The Morgan fingerprint density at radius 2 is 1.68 bits per heavy atom. The quantitative estimate of drug-likeness (QED) is 0.521. The first-order valence-corrected chi connectivity index (χ1v) is 8.71. The van der Waals surface area contributed by atoms with Gasteiger partial charge >= 0.3 is 0 Å². The highest BCUT2D eigenvalue weighted by Gasteiger charge is 2.15. The van der Waals surface area contributed by atoms with Gasteiger partial charge in [-0.2, -0.15) is 0 Å². The van der Waals surface area contributed by atoms with Gasteiger partial charge in [-0.25, -0.2) is 4.98 Å². The molecule has 0 atom stereocenters. The van der Waals surface area contributed by atoms with Crippen LogP contribution in [0.1, 0.15) is 0 Å². The van der Waals surface area contributed by atoms with Gasteiger partial charge in [-0.1, -0.05) is 59.9 Å². The summed E-state index contributed by atoms with van der Waals surface area (Å²) in [6.07, 6.45) is 0. The third-order valence-corrected chi connectivity index (χ3v) is 5.90. The lowest BCUT2D eigenvalue weighted by Gasteiger charge is -1.99. The molecule has 2 heterocycles. The van der Waals surface area contributed by atoms with Gasteiger partial charge in [0.25, 0.3) is 0 Å². The standard InChI is InChI=1S/C18H14N2S2/c1-19-18-16(12-7-3-2-4-8-12)20-17(22-18)15-11-13-9-5-6-10-14(13)21-15/h2-11,19H,1H3. The number of aromatic nitrogens is 1. The molecule has 0 radical (unpaired) electrons. The number of nitrogens with one attached hydrogen (secondary N) is 1. The van der Waals surface area contributed by atoms with Crippen LogP contribution in [0.2, 0.25) is 0 Å². The number of thiazole rings is 1. The Morgan fingerprint density at radius 3 is 2.45 bits per heavy atom. The zero-order valence-electron chi connectivity index (χ0n) is 12.0. The van der Waals surface area contributed by atoms with E-state index < -0.39 is 0 Å². The molecule has 0 aliphatic carbocycles. The van der Waals surface area contributed by atoms with Gasteiger partial charge < -0.3 is 5.32 Å². The predicted molar refractivity (Wildman–Crippen MR) is 97.9 cm³/mol. The smallest absolute Gasteiger partial charge is 0.136 e. The summed E-state index contributed by atoms with van der Waals surface area (Å²) in [7, 11) is 1.95. The zero-order chi connectivity index (χ0) is 14.9. The van der Waals surface area contributed by atoms with Gasteiger partial charge in [0.15, 0.2) is 0 Å². The second-order valence-electron chi connectivity index (χ2n) is 4.96. The lowest BCUT2D eigenvalue weighted by Crippen LogP contribution is -1.87. The Morgan fingerprint density at radius 1 is 0.909 bits per heavy atom. The maximum atomic E-state index is 4.88. The molecule has 0 bridgehead atoms. The first-order valence-electron chi connectivity index (χ1n) is 7.08. The molecule has 2 nitrogen and oxygen atoms in total. The topological polar surface area (TPSA) is 24.9 Å². The molecule has 0 aliphatic heterocycles. The van der Waals surface area contributed by atoms with Crippen LogP contribution in [0.25, 0.3) is 31.2 Å². The number of rotatable bonds is 3. The average molecular weight is 322 g/mol. The number of anilines is 1. The van der Waals surface area contributed by atoms with Crippen LogP contribution in [0.4, 0.5) is 5.00 Å². The summed E-state index contributed by atoms with van der Waals surface area (Å²) in [5.74, 6) is 0. The Hall–Kier alpha value is -2.17. The first kappa shape index (κ1) is 13.5. The molecule has 0 saturated carbocycles. The monoisotopic (exact) mass is 322 g/mol. The molecule has 0 amide bonds. The lowest BCUT2D eigenvalue weighted by atomic mass is 10.2. The number of thiophene rings is 1. The minimum Gasteiger partial charge on any atom is -0.378 e. The average Bonchev–Trinajstić information content (AvgIpc) is 3.19. The maximum Gasteiger partial charge on any atom is 0.136 e. The summed E-state index contributed by atoms with van der Waals surface area (Å²) in [6, 6.07) is 21.0. The molecule has 2 aromatic heterocycles. The van der Waals surface area contributed by atoms with Gasteiger partial charge in [0, 0.05) is 17.3 Å². The van der Waals surface area contributed by atoms with E-state index in [0.717, 1.165) is 21.3 Å². The SMILES string of the molecule is CNc1sc(-c2cc3ccccc3s2)nc1-c1ccccc1. The number of hydrogen-bond acceptors (Lipinski definition) is 4. The van der Waals surface area contributed by atoms with E-state index in [-0.39, 0.29) is 0 Å². The van der Waals surface area contributed by atoms with E-state index in [4.69, 9.17) is 4.98 Å². The Bertz CT molecular complexity index is 890. The second kappa shape index (κ2) is 5.55. The van der Waals surface area contributed by atoms with E-state index >= 15 is 0 Å². The molecule has 0 saturated heterocycles. The third-order valence-electron chi connectivity index (χ3n) is 3.54. The molecule has 0 fully saturated rings. The van der Waals surface area contributed by atoms with Crippen LogP contribution in [-0.2, 0) is 0 Å². The Labute approximate surface area is 137 Å². The van der Waals surface area contributed by atoms with Crippen molar-refractivity contribution in [2.45, 2.75) is 0 Å². The first-order chi connectivity index (χ1) is 10.8. The lowest BCUT2D eigenvalue weighted by molar-refractivity contribution is 1.40. The molecule has 4 rings (SSSR count). The van der Waals surface area contributed by atoms with Gasteiger partial charge in [0.2, 0.25) is 0 Å². The predicted octanol–water partition coefficient (Wildman–Crippen LogP) is 5.73. The molecule has 1 N–H and O–H groups in total. The van der Waals surface area contributed by atoms with E-state index in [9.17, 15) is 0 Å². The van der Waals surface area contributed by atoms with Crippen molar-refractivity contribution in [3.63, 3.8) is 0 Å². The molecule has 4 aromatic rings. The number of benzene rings is 2. The fraction of sp³-hybridized carbons (Fsp3) is 0.0556. The number of nitrogens with zero attached hydrogens (tertiary/aromatic N) is 1. The number of hydrogen-bond donors (Lipinski definition) is 1. The van der Waals surface area contributed by atoms with Crippen molar-refractivity contribution >= 4 is 37.8 Å². The van der Waals surface area contributed by atoms with Crippen LogP contribution in [-0.4, -0.2) is 12.0 Å². The van der Waals surface area contributed by atoms with Crippen LogP contribution in [0.15, 0.2) is 60.7 Å². The Balaban J connectivity index is 1.84. The van der Waals surface area contributed by atoms with E-state index in [2.05, 4.69) is 47.8 Å². The zero-order valence-corrected chi connectivity index (χ0v) is 13.7. The highest BCUT2D eigenvalue weighted by molar-refractivity contribution is 7.27. The number of fused-ring (bicyclic) bond motifs is 1. The molecule has 2 aromatic carbocycles. The van der Waals surface area contributed by atoms with E-state index in [1.54, 1.807) is 22.7 Å². The van der Waals surface area contributed by atoms with Crippen molar-refractivity contribution in [3.8, 4) is 21.1 Å². The van der Waals surface area contributed by atoms with Crippen LogP contribution in [0.3, 0.4) is 0 Å². The fourth-order valence-electron chi connectivity index (χ4n) is 2.47. The second-order valence-corrected chi connectivity index (χ2v) is 7.04. The summed E-state index contributed by atoms with van der Waals surface area (Å²) in [5.41, 5.74) is 2.18.